The fourth-order valence-corrected chi connectivity index (χ4v) is 3.51. The maximum atomic E-state index is 13.1. The first-order valence-electron chi connectivity index (χ1n) is 9.40. The van der Waals surface area contributed by atoms with E-state index in [9.17, 15) is 14.7 Å². The Balaban J connectivity index is 2.02. The zero-order valence-electron chi connectivity index (χ0n) is 16.6. The fraction of sp³-hybridized carbons (Fsp3) is 0.227. The molecule has 0 aromatic heterocycles. The molecule has 7 heteroatoms. The number of nitrogens with zero attached hydrogens (tertiary/aromatic N) is 3. The number of carbonyl (C=O) groups excluding carboxylic acids is 2. The van der Waals surface area contributed by atoms with Crippen molar-refractivity contribution in [2.24, 2.45) is 0 Å². The molecule has 1 aliphatic heterocycles. The largest absolute Gasteiger partial charge is 0.507 e. The van der Waals surface area contributed by atoms with Crippen LogP contribution < -0.4 is 9.80 Å². The average molecular weight is 410 g/mol. The van der Waals surface area contributed by atoms with Crippen LogP contribution in [-0.2, 0) is 9.59 Å². The minimum Gasteiger partial charge on any atom is -0.507 e. The molecule has 2 aromatic rings. The van der Waals surface area contributed by atoms with Gasteiger partial charge in [0.25, 0.3) is 11.8 Å². The number of para-hydroxylation sites is 1. The van der Waals surface area contributed by atoms with Crippen molar-refractivity contribution >= 4 is 46.6 Å². The van der Waals surface area contributed by atoms with Crippen LogP contribution >= 0.6 is 12.2 Å². The summed E-state index contributed by atoms with van der Waals surface area (Å²) < 4.78 is 0. The molecule has 0 bridgehead atoms. The summed E-state index contributed by atoms with van der Waals surface area (Å²) in [4.78, 5) is 30.5. The van der Waals surface area contributed by atoms with E-state index in [1.165, 1.54) is 22.9 Å². The molecule has 0 aliphatic carbocycles. The fourth-order valence-electron chi connectivity index (χ4n) is 3.24. The highest BCUT2D eigenvalue weighted by molar-refractivity contribution is 7.80. The Hall–Kier alpha value is -3.19. The van der Waals surface area contributed by atoms with Gasteiger partial charge in [0, 0.05) is 37.5 Å². The lowest BCUT2D eigenvalue weighted by Gasteiger charge is -2.34. The quantitative estimate of drug-likeness (QED) is 0.466. The van der Waals surface area contributed by atoms with Crippen molar-refractivity contribution in [3.63, 3.8) is 0 Å². The summed E-state index contributed by atoms with van der Waals surface area (Å²) in [6.07, 6.45) is 1.42. The van der Waals surface area contributed by atoms with Gasteiger partial charge in [-0.15, -0.1) is 0 Å². The van der Waals surface area contributed by atoms with E-state index in [0.29, 0.717) is 11.3 Å². The van der Waals surface area contributed by atoms with E-state index in [0.717, 1.165) is 18.8 Å². The first-order chi connectivity index (χ1) is 13.9. The van der Waals surface area contributed by atoms with Crippen molar-refractivity contribution in [1.82, 2.24) is 4.90 Å². The summed E-state index contributed by atoms with van der Waals surface area (Å²) in [6, 6.07) is 14.1. The standard InChI is InChI=1S/C22H23N3O3S/c1-4-24(5-2)17-12-11-15(19(26)14-17)13-18-20(27)23(3)22(29)25(21(18)28)16-9-7-6-8-10-16/h6-14,26H,4-5H2,1-3H3. The number of rotatable bonds is 5. The third-order valence-electron chi connectivity index (χ3n) is 4.90. The first kappa shape index (κ1) is 20.5. The number of likely N-dealkylation sites (N-methyl/N-ethyl adjacent to an activating group) is 1. The molecule has 0 unspecified atom stereocenters. The minimum absolute atomic E-state index is 0.00423. The number of amides is 2. The van der Waals surface area contributed by atoms with E-state index in [1.54, 1.807) is 36.4 Å². The van der Waals surface area contributed by atoms with Gasteiger partial charge < -0.3 is 10.0 Å². The zero-order valence-corrected chi connectivity index (χ0v) is 17.4. The lowest BCUT2D eigenvalue weighted by Crippen LogP contribution is -2.54. The summed E-state index contributed by atoms with van der Waals surface area (Å²) in [7, 11) is 1.53. The number of carbonyl (C=O) groups is 2. The molecular weight excluding hydrogens is 386 g/mol. The highest BCUT2D eigenvalue weighted by Gasteiger charge is 2.38. The molecule has 0 atom stereocenters. The third-order valence-corrected chi connectivity index (χ3v) is 5.36. The molecule has 1 heterocycles. The van der Waals surface area contributed by atoms with Crippen LogP contribution in [0, 0.1) is 0 Å². The van der Waals surface area contributed by atoms with Crippen LogP contribution in [0.15, 0.2) is 54.1 Å². The maximum Gasteiger partial charge on any atom is 0.270 e. The number of anilines is 2. The van der Waals surface area contributed by atoms with Gasteiger partial charge in [0.05, 0.1) is 5.69 Å². The predicted octanol–water partition coefficient (Wildman–Crippen LogP) is 3.41. The Kier molecular flexibility index (Phi) is 5.98. The van der Waals surface area contributed by atoms with E-state index >= 15 is 0 Å². The second kappa shape index (κ2) is 8.45. The van der Waals surface area contributed by atoms with Crippen molar-refractivity contribution < 1.29 is 14.7 Å². The molecule has 1 aliphatic rings. The van der Waals surface area contributed by atoms with Gasteiger partial charge >= 0.3 is 0 Å². The molecule has 29 heavy (non-hydrogen) atoms. The summed E-state index contributed by atoms with van der Waals surface area (Å²) >= 11 is 5.33. The lowest BCUT2D eigenvalue weighted by atomic mass is 10.0. The number of thiocarbonyl (C=S) groups is 1. The Labute approximate surface area is 175 Å². The van der Waals surface area contributed by atoms with E-state index in [4.69, 9.17) is 12.2 Å². The second-order valence-electron chi connectivity index (χ2n) is 6.60. The molecule has 150 valence electrons. The van der Waals surface area contributed by atoms with Gasteiger partial charge in [0.15, 0.2) is 5.11 Å². The second-order valence-corrected chi connectivity index (χ2v) is 6.96. The zero-order chi connectivity index (χ0) is 21.1. The Morgan fingerprint density at radius 1 is 1.03 bits per heavy atom. The number of hydrogen-bond donors (Lipinski definition) is 1. The Morgan fingerprint density at radius 3 is 2.28 bits per heavy atom. The van der Waals surface area contributed by atoms with Crippen LogP contribution in [0.5, 0.6) is 5.75 Å². The van der Waals surface area contributed by atoms with Crippen LogP contribution in [0.4, 0.5) is 11.4 Å². The van der Waals surface area contributed by atoms with Crippen molar-refractivity contribution in [3.05, 3.63) is 59.7 Å². The van der Waals surface area contributed by atoms with Crippen LogP contribution in [0.25, 0.3) is 6.08 Å². The highest BCUT2D eigenvalue weighted by atomic mass is 32.1. The van der Waals surface area contributed by atoms with Crippen LogP contribution in [0.3, 0.4) is 0 Å². The molecule has 1 N–H and O–H groups in total. The lowest BCUT2D eigenvalue weighted by molar-refractivity contribution is -0.127. The van der Waals surface area contributed by atoms with E-state index in [2.05, 4.69) is 4.90 Å². The predicted molar refractivity (Wildman–Crippen MR) is 119 cm³/mol. The number of aromatic hydroxyl groups is 1. The van der Waals surface area contributed by atoms with E-state index < -0.39 is 11.8 Å². The smallest absolute Gasteiger partial charge is 0.270 e. The Morgan fingerprint density at radius 2 is 1.69 bits per heavy atom. The summed E-state index contributed by atoms with van der Waals surface area (Å²) in [5.41, 5.74) is 1.79. The Bertz CT molecular complexity index is 984. The number of hydrogen-bond acceptors (Lipinski definition) is 5. The van der Waals surface area contributed by atoms with Gasteiger partial charge in [-0.3, -0.25) is 19.4 Å². The van der Waals surface area contributed by atoms with Crippen molar-refractivity contribution in [3.8, 4) is 5.75 Å². The van der Waals surface area contributed by atoms with Gasteiger partial charge in [0.1, 0.15) is 11.3 Å². The van der Waals surface area contributed by atoms with E-state index in [1.807, 2.05) is 26.0 Å². The van der Waals surface area contributed by atoms with Gasteiger partial charge in [-0.05, 0) is 56.4 Å². The minimum atomic E-state index is -0.517. The SMILES string of the molecule is CCN(CC)c1ccc(C=C2C(=O)N(C)C(=S)N(c3ccccc3)C2=O)c(O)c1. The van der Waals surface area contributed by atoms with Crippen LogP contribution in [0.2, 0.25) is 0 Å². The van der Waals surface area contributed by atoms with Gasteiger partial charge in [-0.2, -0.15) is 0 Å². The van der Waals surface area contributed by atoms with Crippen molar-refractivity contribution in [2.45, 2.75) is 13.8 Å². The molecule has 1 fully saturated rings. The van der Waals surface area contributed by atoms with E-state index in [-0.39, 0.29) is 16.4 Å². The molecule has 2 amide bonds. The summed E-state index contributed by atoms with van der Waals surface area (Å²) in [5, 5.41) is 10.6. The summed E-state index contributed by atoms with van der Waals surface area (Å²) in [5.74, 6) is -1.01. The van der Waals surface area contributed by atoms with Crippen LogP contribution in [-0.4, -0.2) is 47.1 Å². The molecule has 0 spiro atoms. The average Bonchev–Trinajstić information content (AvgIpc) is 2.73. The van der Waals surface area contributed by atoms with Gasteiger partial charge in [-0.1, -0.05) is 18.2 Å². The highest BCUT2D eigenvalue weighted by Crippen LogP contribution is 2.29. The maximum absolute atomic E-state index is 13.1. The van der Waals surface area contributed by atoms with Gasteiger partial charge in [0.2, 0.25) is 0 Å². The van der Waals surface area contributed by atoms with Crippen molar-refractivity contribution in [2.75, 3.05) is 29.9 Å². The van der Waals surface area contributed by atoms with Crippen LogP contribution in [0.1, 0.15) is 19.4 Å². The summed E-state index contributed by atoms with van der Waals surface area (Å²) in [6.45, 7) is 5.68. The molecule has 0 radical (unpaired) electrons. The van der Waals surface area contributed by atoms with Crippen molar-refractivity contribution in [1.29, 1.82) is 0 Å². The monoisotopic (exact) mass is 409 g/mol. The normalized spacial score (nSPS) is 16.0. The molecule has 6 nitrogen and oxygen atoms in total. The molecule has 3 rings (SSSR count). The molecule has 2 aromatic carbocycles. The first-order valence-corrected chi connectivity index (χ1v) is 9.81. The molecular formula is C22H23N3O3S. The molecule has 0 saturated carbocycles. The third kappa shape index (κ3) is 3.86. The number of benzene rings is 2. The number of phenols is 1. The number of phenolic OH excluding ortho intramolecular Hbond substituents is 1. The topological polar surface area (TPSA) is 64.1 Å². The van der Waals surface area contributed by atoms with Gasteiger partial charge in [-0.25, -0.2) is 0 Å². The molecule has 1 saturated heterocycles.